The summed E-state index contributed by atoms with van der Waals surface area (Å²) in [6, 6.07) is 8.95. The number of hydrogen-bond donors (Lipinski definition) is 1. The van der Waals surface area contributed by atoms with Gasteiger partial charge in [0.05, 0.1) is 22.8 Å². The van der Waals surface area contributed by atoms with Crippen molar-refractivity contribution in [1.82, 2.24) is 0 Å². The first-order valence-electron chi connectivity index (χ1n) is 5.55. The van der Waals surface area contributed by atoms with E-state index >= 15 is 0 Å². The highest BCUT2D eigenvalue weighted by Crippen LogP contribution is 2.30. The topological polar surface area (TPSA) is 45.0 Å². The summed E-state index contributed by atoms with van der Waals surface area (Å²) in [7, 11) is 1.36. The van der Waals surface area contributed by atoms with Crippen LogP contribution < -0.4 is 10.1 Å². The Morgan fingerprint density at radius 1 is 1.25 bits per heavy atom. The third-order valence-electron chi connectivity index (χ3n) is 2.63. The summed E-state index contributed by atoms with van der Waals surface area (Å²) < 4.78 is 32.4. The molecule has 0 fully saturated rings. The lowest BCUT2D eigenvalue weighted by molar-refractivity contribution is 0.386. The lowest BCUT2D eigenvalue weighted by Crippen LogP contribution is -1.97. The largest absolute Gasteiger partial charge is 0.494 e. The second-order valence-corrected chi connectivity index (χ2v) is 4.67. The van der Waals surface area contributed by atoms with E-state index in [1.165, 1.54) is 31.4 Å². The molecule has 0 amide bonds. The molecule has 0 spiro atoms. The average molecular weight is 339 g/mol. The molecule has 0 unspecified atom stereocenters. The number of nitrogens with one attached hydrogen (secondary N) is 1. The van der Waals surface area contributed by atoms with Crippen molar-refractivity contribution in [2.24, 2.45) is 0 Å². The fourth-order valence-corrected chi connectivity index (χ4v) is 2.07. The summed E-state index contributed by atoms with van der Waals surface area (Å²) in [5, 5.41) is 11.5. The minimum absolute atomic E-state index is 0.0685. The van der Waals surface area contributed by atoms with Crippen LogP contribution in [-0.4, -0.2) is 7.11 Å². The van der Waals surface area contributed by atoms with E-state index in [1.807, 2.05) is 6.07 Å². The van der Waals surface area contributed by atoms with Gasteiger partial charge in [0, 0.05) is 11.8 Å². The molecule has 0 aromatic heterocycles. The van der Waals surface area contributed by atoms with E-state index in [4.69, 9.17) is 10.00 Å². The third-order valence-corrected chi connectivity index (χ3v) is 3.41. The van der Waals surface area contributed by atoms with Crippen molar-refractivity contribution in [3.63, 3.8) is 0 Å². The number of hydrogen-bond acceptors (Lipinski definition) is 3. The second-order valence-electron chi connectivity index (χ2n) is 3.87. The van der Waals surface area contributed by atoms with Gasteiger partial charge in [-0.2, -0.15) is 5.26 Å². The van der Waals surface area contributed by atoms with Crippen LogP contribution in [0.3, 0.4) is 0 Å². The molecule has 2 rings (SSSR count). The van der Waals surface area contributed by atoms with Gasteiger partial charge in [-0.1, -0.05) is 0 Å². The zero-order chi connectivity index (χ0) is 14.7. The molecule has 0 saturated heterocycles. The SMILES string of the molecule is COc1ccc(Nc2ccc(C#N)c(Br)c2F)cc1F. The van der Waals surface area contributed by atoms with Crippen molar-refractivity contribution in [1.29, 1.82) is 5.26 Å². The number of nitrogens with zero attached hydrogens (tertiary/aromatic N) is 1. The zero-order valence-electron chi connectivity index (χ0n) is 10.4. The Morgan fingerprint density at radius 2 is 2.00 bits per heavy atom. The van der Waals surface area contributed by atoms with Crippen LogP contribution >= 0.6 is 15.9 Å². The Balaban J connectivity index is 2.34. The molecule has 0 aliphatic heterocycles. The molecule has 0 radical (unpaired) electrons. The molecule has 2 aromatic rings. The molecule has 0 bridgehead atoms. The molecule has 1 N–H and O–H groups in total. The monoisotopic (exact) mass is 338 g/mol. The van der Waals surface area contributed by atoms with Crippen LogP contribution in [0, 0.1) is 23.0 Å². The highest BCUT2D eigenvalue weighted by molar-refractivity contribution is 9.10. The van der Waals surface area contributed by atoms with E-state index < -0.39 is 11.6 Å². The van der Waals surface area contributed by atoms with Crippen molar-refractivity contribution in [3.8, 4) is 11.8 Å². The maximum atomic E-state index is 14.0. The molecule has 102 valence electrons. The Bertz CT molecular complexity index is 698. The van der Waals surface area contributed by atoms with E-state index in [2.05, 4.69) is 21.2 Å². The van der Waals surface area contributed by atoms with Gasteiger partial charge < -0.3 is 10.1 Å². The smallest absolute Gasteiger partial charge is 0.167 e. The number of ether oxygens (including phenoxy) is 1. The first-order valence-corrected chi connectivity index (χ1v) is 6.34. The van der Waals surface area contributed by atoms with Crippen molar-refractivity contribution >= 4 is 27.3 Å². The fraction of sp³-hybridized carbons (Fsp3) is 0.0714. The maximum Gasteiger partial charge on any atom is 0.167 e. The summed E-state index contributed by atoms with van der Waals surface area (Å²) in [6.45, 7) is 0. The van der Waals surface area contributed by atoms with Gasteiger partial charge in [0.1, 0.15) is 6.07 Å². The van der Waals surface area contributed by atoms with Gasteiger partial charge in [-0.3, -0.25) is 0 Å². The predicted molar refractivity (Wildman–Crippen MR) is 75.0 cm³/mol. The Morgan fingerprint density at radius 3 is 2.60 bits per heavy atom. The number of methoxy groups -OCH3 is 1. The van der Waals surface area contributed by atoms with Crippen LogP contribution in [0.1, 0.15) is 5.56 Å². The Hall–Kier alpha value is -2.13. The van der Waals surface area contributed by atoms with E-state index in [-0.39, 0.29) is 21.5 Å². The fourth-order valence-electron chi connectivity index (χ4n) is 1.63. The number of rotatable bonds is 3. The normalized spacial score (nSPS) is 9.95. The van der Waals surface area contributed by atoms with Gasteiger partial charge >= 0.3 is 0 Å². The summed E-state index contributed by atoms with van der Waals surface area (Å²) >= 11 is 3.01. The minimum Gasteiger partial charge on any atom is -0.494 e. The molecule has 20 heavy (non-hydrogen) atoms. The Labute approximate surface area is 122 Å². The van der Waals surface area contributed by atoms with Gasteiger partial charge in [-0.25, -0.2) is 8.78 Å². The summed E-state index contributed by atoms with van der Waals surface area (Å²) in [4.78, 5) is 0. The van der Waals surface area contributed by atoms with E-state index in [9.17, 15) is 8.78 Å². The standard InChI is InChI=1S/C14H9BrF2N2O/c1-20-12-5-3-9(6-10(12)16)19-11-4-2-8(7-18)13(15)14(11)17/h2-6,19H,1H3. The second kappa shape index (κ2) is 5.88. The molecular weight excluding hydrogens is 330 g/mol. The number of anilines is 2. The average Bonchev–Trinajstić information content (AvgIpc) is 2.44. The van der Waals surface area contributed by atoms with Crippen LogP contribution in [0.4, 0.5) is 20.2 Å². The van der Waals surface area contributed by atoms with E-state index in [1.54, 1.807) is 6.07 Å². The summed E-state index contributed by atoms with van der Waals surface area (Å²) in [6.07, 6.45) is 0. The van der Waals surface area contributed by atoms with Crippen LogP contribution in [0.15, 0.2) is 34.8 Å². The summed E-state index contributed by atoms with van der Waals surface area (Å²) in [5.74, 6) is -1.05. The van der Waals surface area contributed by atoms with Crippen LogP contribution in [0.2, 0.25) is 0 Å². The maximum absolute atomic E-state index is 14.0. The molecule has 0 aliphatic carbocycles. The molecule has 0 aliphatic rings. The van der Waals surface area contributed by atoms with Gasteiger partial charge in [0.2, 0.25) is 0 Å². The minimum atomic E-state index is -0.611. The predicted octanol–water partition coefficient (Wildman–Crippen LogP) is 4.35. The van der Waals surface area contributed by atoms with E-state index in [0.717, 1.165) is 0 Å². The lowest BCUT2D eigenvalue weighted by atomic mass is 10.2. The summed E-state index contributed by atoms with van der Waals surface area (Å²) in [5.41, 5.74) is 0.702. The third kappa shape index (κ3) is 2.73. The molecule has 0 heterocycles. The van der Waals surface area contributed by atoms with Gasteiger partial charge in [0.25, 0.3) is 0 Å². The van der Waals surface area contributed by atoms with Gasteiger partial charge in [-0.15, -0.1) is 0 Å². The molecule has 0 atom stereocenters. The van der Waals surface area contributed by atoms with Gasteiger partial charge in [-0.05, 0) is 40.2 Å². The first kappa shape index (κ1) is 14.3. The number of benzene rings is 2. The quantitative estimate of drug-likeness (QED) is 0.904. The van der Waals surface area contributed by atoms with E-state index in [0.29, 0.717) is 5.69 Å². The van der Waals surface area contributed by atoms with Crippen LogP contribution in [-0.2, 0) is 0 Å². The first-order chi connectivity index (χ1) is 9.56. The van der Waals surface area contributed by atoms with Crippen molar-refractivity contribution in [2.45, 2.75) is 0 Å². The molecule has 6 heteroatoms. The van der Waals surface area contributed by atoms with Crippen molar-refractivity contribution in [3.05, 3.63) is 52.0 Å². The molecule has 2 aromatic carbocycles. The zero-order valence-corrected chi connectivity index (χ0v) is 12.0. The number of halogens is 3. The highest BCUT2D eigenvalue weighted by Gasteiger charge is 2.12. The lowest BCUT2D eigenvalue weighted by Gasteiger charge is -2.10. The molecule has 3 nitrogen and oxygen atoms in total. The molecular formula is C14H9BrF2N2O. The van der Waals surface area contributed by atoms with Crippen LogP contribution in [0.5, 0.6) is 5.75 Å². The number of nitriles is 1. The van der Waals surface area contributed by atoms with Crippen molar-refractivity contribution in [2.75, 3.05) is 12.4 Å². The van der Waals surface area contributed by atoms with Crippen molar-refractivity contribution < 1.29 is 13.5 Å². The highest BCUT2D eigenvalue weighted by atomic mass is 79.9. The van der Waals surface area contributed by atoms with Crippen LogP contribution in [0.25, 0.3) is 0 Å². The van der Waals surface area contributed by atoms with Gasteiger partial charge in [0.15, 0.2) is 17.4 Å². The Kier molecular flexibility index (Phi) is 4.20. The molecule has 0 saturated carbocycles.